The molecular weight excluding hydrogens is 400 g/mol. The molecule has 0 amide bonds. The van der Waals surface area contributed by atoms with Gasteiger partial charge < -0.3 is 0 Å². The topological polar surface area (TPSA) is 34.1 Å². The average Bonchev–Trinajstić information content (AvgIpc) is 0.918. The van der Waals surface area contributed by atoms with E-state index >= 15 is 0 Å². The van der Waals surface area contributed by atoms with Crippen molar-refractivity contribution in [1.82, 2.24) is 0 Å². The first-order valence-corrected chi connectivity index (χ1v) is 1.22. The van der Waals surface area contributed by atoms with Crippen LogP contribution in [0.5, 0.6) is 0 Å². The number of rotatable bonds is 0. The smallest absolute Gasteiger partial charge is 0.274 e. The predicted octanol–water partition coefficient (Wildman–Crippen LogP) is -1.38. The predicted molar refractivity (Wildman–Crippen MR) is 18.6 cm³/mol. The quantitative estimate of drug-likeness (QED) is 0.470. The molecule has 0 saturated carbocycles. The molecular formula is CsO2PbSi. The van der Waals surface area contributed by atoms with Crippen LogP contribution >= 0.6 is 0 Å². The van der Waals surface area contributed by atoms with Crippen molar-refractivity contribution in [3.05, 3.63) is 0 Å². The summed E-state index contributed by atoms with van der Waals surface area (Å²) in [5.41, 5.74) is 0. The summed E-state index contributed by atoms with van der Waals surface area (Å²) < 4.78 is 16.8. The molecule has 0 aliphatic rings. The minimum absolute atomic E-state index is 0. The van der Waals surface area contributed by atoms with E-state index in [1.54, 1.807) is 0 Å². The fourth-order valence-corrected chi connectivity index (χ4v) is 0. The third-order valence-electron chi connectivity index (χ3n) is 0. The maximum atomic E-state index is 8.40. The second-order valence-electron chi connectivity index (χ2n) is 0.0833. The Bertz CT molecular complexity index is 30.6. The van der Waals surface area contributed by atoms with E-state index in [9.17, 15) is 0 Å². The van der Waals surface area contributed by atoms with Gasteiger partial charge in [0.1, 0.15) is 0 Å². The van der Waals surface area contributed by atoms with E-state index in [0.29, 0.717) is 0 Å². The number of hydrogen-bond acceptors (Lipinski definition) is 2. The van der Waals surface area contributed by atoms with E-state index < -0.39 is 9.29 Å². The number of hydrogen-bond donors (Lipinski definition) is 0. The molecule has 21 valence electrons. The van der Waals surface area contributed by atoms with Crippen molar-refractivity contribution < 1.29 is 8.92 Å². The molecule has 5 heavy (non-hydrogen) atoms. The van der Waals surface area contributed by atoms with Gasteiger partial charge in [0.25, 0.3) is 0 Å². The van der Waals surface area contributed by atoms with Gasteiger partial charge in [0.15, 0.2) is 0 Å². The normalized spacial score (nSPS) is 1.60. The molecule has 0 aromatic carbocycles. The summed E-state index contributed by atoms with van der Waals surface area (Å²) >= 11 is 0. The van der Waals surface area contributed by atoms with Crippen molar-refractivity contribution in [2.45, 2.75) is 0 Å². The van der Waals surface area contributed by atoms with Gasteiger partial charge in [-0.1, -0.05) is 0 Å². The van der Waals surface area contributed by atoms with Crippen LogP contribution in [0.25, 0.3) is 0 Å². The van der Waals surface area contributed by atoms with Crippen LogP contribution in [0, 0.1) is 0 Å². The van der Waals surface area contributed by atoms with Gasteiger partial charge in [0.2, 0.25) is 0 Å². The molecule has 0 aliphatic heterocycles. The zero-order valence-electron chi connectivity index (χ0n) is 2.82. The van der Waals surface area contributed by atoms with Crippen molar-refractivity contribution in [3.8, 4) is 0 Å². The summed E-state index contributed by atoms with van der Waals surface area (Å²) in [7, 11) is -1.42. The van der Waals surface area contributed by atoms with Crippen LogP contribution in [0.4, 0.5) is 0 Å². The van der Waals surface area contributed by atoms with E-state index in [-0.39, 0.29) is 96.2 Å². The first-order valence-electron chi connectivity index (χ1n) is 0.408. The van der Waals surface area contributed by atoms with Gasteiger partial charge in [-0.2, -0.15) is 0 Å². The van der Waals surface area contributed by atoms with E-state index in [2.05, 4.69) is 0 Å². The Morgan fingerprint density at radius 2 is 1.20 bits per heavy atom. The van der Waals surface area contributed by atoms with E-state index in [1.165, 1.54) is 0 Å². The largest absolute Gasteiger partial charge is 0.549 e. The summed E-state index contributed by atoms with van der Waals surface area (Å²) in [5, 5.41) is 0. The Kier molecular flexibility index (Phi) is 49.6. The monoisotopic (exact) mass is 401 g/mol. The Balaban J connectivity index is -0.0000000200. The van der Waals surface area contributed by atoms with Crippen molar-refractivity contribution in [3.63, 3.8) is 0 Å². The minimum Gasteiger partial charge on any atom is -0.274 e. The second-order valence-corrected chi connectivity index (χ2v) is 0.250. The van der Waals surface area contributed by atoms with Crippen LogP contribution in [0.15, 0.2) is 0 Å². The van der Waals surface area contributed by atoms with Gasteiger partial charge in [0, 0.05) is 96.2 Å². The van der Waals surface area contributed by atoms with E-state index in [0.717, 1.165) is 0 Å². The fraction of sp³-hybridized carbons (Fsp3) is 0. The molecule has 5 radical (unpaired) electrons. The Labute approximate surface area is 111 Å². The van der Waals surface area contributed by atoms with Gasteiger partial charge in [0.05, 0.1) is 0 Å². The molecule has 0 aliphatic carbocycles. The van der Waals surface area contributed by atoms with Crippen LogP contribution in [-0.2, 0) is 8.92 Å². The molecule has 2 nitrogen and oxygen atoms in total. The molecule has 0 spiro atoms. The molecule has 0 heterocycles. The maximum Gasteiger partial charge on any atom is 0.549 e. The van der Waals surface area contributed by atoms with Gasteiger partial charge in [-0.05, 0) is 0 Å². The van der Waals surface area contributed by atoms with Crippen LogP contribution in [0.1, 0.15) is 0 Å². The summed E-state index contributed by atoms with van der Waals surface area (Å²) in [5.74, 6) is 0. The zero-order valence-corrected chi connectivity index (χ0v) is 14.0. The third-order valence-corrected chi connectivity index (χ3v) is 0. The van der Waals surface area contributed by atoms with Crippen LogP contribution in [0.3, 0.4) is 0 Å². The van der Waals surface area contributed by atoms with Gasteiger partial charge >= 0.3 is 9.29 Å². The molecule has 0 fully saturated rings. The third kappa shape index (κ3) is 20.0. The standard InChI is InChI=1S/Cs.O2Si.Pb/c;1-3-2;. The zero-order chi connectivity index (χ0) is 2.71. The first kappa shape index (κ1) is 15.7. The Morgan fingerprint density at radius 1 is 1.20 bits per heavy atom. The van der Waals surface area contributed by atoms with Crippen LogP contribution < -0.4 is 0 Å². The fourth-order valence-electron chi connectivity index (χ4n) is 0. The maximum absolute atomic E-state index is 8.40. The summed E-state index contributed by atoms with van der Waals surface area (Å²) in [6.07, 6.45) is 0. The summed E-state index contributed by atoms with van der Waals surface area (Å²) in [4.78, 5) is 0. The molecule has 0 aromatic heterocycles. The average molecular weight is 400 g/mol. The molecule has 0 N–H and O–H groups in total. The summed E-state index contributed by atoms with van der Waals surface area (Å²) in [6.45, 7) is 0. The SMILES string of the molecule is O=[Si]=O.[Cs].[Pb]. The molecule has 0 aromatic rings. The molecule has 0 unspecified atom stereocenters. The van der Waals surface area contributed by atoms with E-state index in [1.807, 2.05) is 0 Å². The van der Waals surface area contributed by atoms with Gasteiger partial charge in [-0.25, -0.2) is 0 Å². The molecule has 5 heteroatoms. The van der Waals surface area contributed by atoms with Gasteiger partial charge in [-0.3, -0.25) is 8.92 Å². The van der Waals surface area contributed by atoms with Gasteiger partial charge in [-0.15, -0.1) is 0 Å². The van der Waals surface area contributed by atoms with E-state index in [4.69, 9.17) is 8.92 Å². The van der Waals surface area contributed by atoms with Crippen LogP contribution in [0.2, 0.25) is 0 Å². The minimum atomic E-state index is -1.42. The Hall–Kier alpha value is 2.79. The van der Waals surface area contributed by atoms with Crippen molar-refractivity contribution in [1.29, 1.82) is 0 Å². The van der Waals surface area contributed by atoms with Crippen molar-refractivity contribution >= 4 is 105 Å². The molecule has 0 bridgehead atoms. The Morgan fingerprint density at radius 3 is 1.20 bits per heavy atom. The van der Waals surface area contributed by atoms with Crippen molar-refractivity contribution in [2.75, 3.05) is 0 Å². The van der Waals surface area contributed by atoms with Crippen LogP contribution in [-0.4, -0.2) is 105 Å². The summed E-state index contributed by atoms with van der Waals surface area (Å²) in [6, 6.07) is 0. The molecule has 0 saturated heterocycles. The van der Waals surface area contributed by atoms with Crippen molar-refractivity contribution in [2.24, 2.45) is 0 Å². The second kappa shape index (κ2) is 15.8. The molecule has 0 atom stereocenters. The first-order chi connectivity index (χ1) is 1.41. The molecule has 0 rings (SSSR count).